The molecule has 0 spiro atoms. The number of amides is 3. The zero-order chi connectivity index (χ0) is 21.1. The molecule has 5 unspecified atom stereocenters. The Kier molecular flexibility index (Phi) is 11.2. The normalized spacial score (nSPS) is 16.4. The number of nitrogens with one attached hydrogen (secondary N) is 3. The van der Waals surface area contributed by atoms with Gasteiger partial charge in [0.1, 0.15) is 18.1 Å². The summed E-state index contributed by atoms with van der Waals surface area (Å²) in [5.41, 5.74) is 10.8. The number of hydrogen-bond donors (Lipinski definition) is 7. The highest BCUT2D eigenvalue weighted by atomic mass is 16.4. The van der Waals surface area contributed by atoms with E-state index in [0.29, 0.717) is 19.4 Å². The van der Waals surface area contributed by atoms with E-state index >= 15 is 0 Å². The molecule has 0 aromatic carbocycles. The maximum absolute atomic E-state index is 12.3. The predicted octanol–water partition coefficient (Wildman–Crippen LogP) is -2.60. The molecule has 11 nitrogen and oxygen atoms in total. The van der Waals surface area contributed by atoms with Crippen LogP contribution in [0.25, 0.3) is 0 Å². The number of carbonyl (C=O) groups is 4. The smallest absolute Gasteiger partial charge is 0.326 e. The molecule has 0 bridgehead atoms. The largest absolute Gasteiger partial charge is 0.480 e. The van der Waals surface area contributed by atoms with Crippen molar-refractivity contribution in [1.82, 2.24) is 16.0 Å². The van der Waals surface area contributed by atoms with E-state index in [4.69, 9.17) is 11.5 Å². The Hall–Kier alpha value is -2.24. The van der Waals surface area contributed by atoms with Crippen LogP contribution in [0, 0.1) is 0 Å². The summed E-state index contributed by atoms with van der Waals surface area (Å²) >= 11 is 0. The average Bonchev–Trinajstić information content (AvgIpc) is 2.57. The van der Waals surface area contributed by atoms with Crippen molar-refractivity contribution < 1.29 is 29.4 Å². The molecule has 0 rings (SSSR count). The van der Waals surface area contributed by atoms with Crippen molar-refractivity contribution in [3.8, 4) is 0 Å². The summed E-state index contributed by atoms with van der Waals surface area (Å²) < 4.78 is 0. The number of nitrogens with two attached hydrogens (primary N) is 2. The molecule has 0 saturated heterocycles. The van der Waals surface area contributed by atoms with Gasteiger partial charge < -0.3 is 37.6 Å². The van der Waals surface area contributed by atoms with Gasteiger partial charge in [0.25, 0.3) is 0 Å². The second-order valence-corrected chi connectivity index (χ2v) is 6.43. The number of carboxylic acid groups (broad SMARTS) is 1. The molecule has 156 valence electrons. The van der Waals surface area contributed by atoms with Crippen LogP contribution in [0.4, 0.5) is 0 Å². The van der Waals surface area contributed by atoms with Gasteiger partial charge in [0.05, 0.1) is 12.1 Å². The van der Waals surface area contributed by atoms with E-state index < -0.39 is 54.0 Å². The molecule has 27 heavy (non-hydrogen) atoms. The summed E-state index contributed by atoms with van der Waals surface area (Å²) in [4.78, 5) is 47.3. The van der Waals surface area contributed by atoms with E-state index in [1.807, 2.05) is 0 Å². The van der Waals surface area contributed by atoms with E-state index in [1.165, 1.54) is 20.8 Å². The first kappa shape index (κ1) is 24.8. The van der Waals surface area contributed by atoms with Crippen LogP contribution in [0.1, 0.15) is 40.0 Å². The Morgan fingerprint density at radius 2 is 1.52 bits per heavy atom. The van der Waals surface area contributed by atoms with Gasteiger partial charge in [-0.05, 0) is 46.6 Å². The molecule has 9 N–H and O–H groups in total. The first-order valence-corrected chi connectivity index (χ1v) is 8.78. The molecule has 0 fully saturated rings. The van der Waals surface area contributed by atoms with E-state index in [2.05, 4.69) is 16.0 Å². The van der Waals surface area contributed by atoms with E-state index in [9.17, 15) is 29.4 Å². The van der Waals surface area contributed by atoms with Crippen LogP contribution in [0.5, 0.6) is 0 Å². The van der Waals surface area contributed by atoms with Crippen molar-refractivity contribution in [2.24, 2.45) is 11.5 Å². The van der Waals surface area contributed by atoms with Gasteiger partial charge in [0.15, 0.2) is 0 Å². The molecule has 5 atom stereocenters. The zero-order valence-electron chi connectivity index (χ0n) is 15.9. The standard InChI is InChI=1S/C16H31N5O6/c1-8(18)13(23)21-12(10(3)22)15(25)19-9(2)14(24)20-11(16(26)27)6-4-5-7-17/h8-12,22H,4-7,17-18H2,1-3H3,(H,19,25)(H,20,24)(H,21,23)(H,26,27). The summed E-state index contributed by atoms with van der Waals surface area (Å²) in [6.07, 6.45) is 0.133. The van der Waals surface area contributed by atoms with Crippen LogP contribution < -0.4 is 27.4 Å². The Bertz CT molecular complexity index is 525. The predicted molar refractivity (Wildman–Crippen MR) is 97.3 cm³/mol. The van der Waals surface area contributed by atoms with Gasteiger partial charge in [-0.25, -0.2) is 4.79 Å². The van der Waals surface area contributed by atoms with Gasteiger partial charge in [-0.15, -0.1) is 0 Å². The number of carboxylic acids is 1. The summed E-state index contributed by atoms with van der Waals surface area (Å²) in [5.74, 6) is -3.33. The summed E-state index contributed by atoms with van der Waals surface area (Å²) in [6.45, 7) is 4.49. The molecule has 0 aliphatic carbocycles. The molecular weight excluding hydrogens is 358 g/mol. The third-order valence-corrected chi connectivity index (χ3v) is 3.79. The fourth-order valence-corrected chi connectivity index (χ4v) is 2.11. The SMILES string of the molecule is CC(N)C(=O)NC(C(=O)NC(C)C(=O)NC(CCCCN)C(=O)O)C(C)O. The van der Waals surface area contributed by atoms with E-state index in [1.54, 1.807) is 0 Å². The van der Waals surface area contributed by atoms with Crippen LogP contribution in [0.15, 0.2) is 0 Å². The maximum atomic E-state index is 12.3. The molecule has 0 aliphatic rings. The van der Waals surface area contributed by atoms with Crippen molar-refractivity contribution in [1.29, 1.82) is 0 Å². The first-order chi connectivity index (χ1) is 12.5. The summed E-state index contributed by atoms with van der Waals surface area (Å²) in [7, 11) is 0. The minimum absolute atomic E-state index is 0.208. The van der Waals surface area contributed by atoms with Crippen LogP contribution in [0.2, 0.25) is 0 Å². The summed E-state index contributed by atoms with van der Waals surface area (Å²) in [6, 6.07) is -4.38. The summed E-state index contributed by atoms with van der Waals surface area (Å²) in [5, 5.41) is 25.8. The molecule has 0 radical (unpaired) electrons. The second-order valence-electron chi connectivity index (χ2n) is 6.43. The fraction of sp³-hybridized carbons (Fsp3) is 0.750. The molecule has 3 amide bonds. The molecule has 0 aromatic rings. The van der Waals surface area contributed by atoms with Gasteiger partial charge in [-0.3, -0.25) is 14.4 Å². The molecule has 0 aliphatic heterocycles. The number of aliphatic hydroxyl groups excluding tert-OH is 1. The number of hydrogen-bond acceptors (Lipinski definition) is 7. The Balaban J connectivity index is 4.83. The minimum Gasteiger partial charge on any atom is -0.480 e. The Labute approximate surface area is 158 Å². The topological polar surface area (TPSA) is 197 Å². The lowest BCUT2D eigenvalue weighted by Gasteiger charge is -2.24. The van der Waals surface area contributed by atoms with E-state index in [-0.39, 0.29) is 6.42 Å². The lowest BCUT2D eigenvalue weighted by atomic mass is 10.1. The number of aliphatic hydroxyl groups is 1. The highest BCUT2D eigenvalue weighted by Gasteiger charge is 2.30. The third-order valence-electron chi connectivity index (χ3n) is 3.79. The molecule has 0 saturated carbocycles. The van der Waals surface area contributed by atoms with E-state index in [0.717, 1.165) is 0 Å². The van der Waals surface area contributed by atoms with Crippen LogP contribution in [-0.2, 0) is 19.2 Å². The maximum Gasteiger partial charge on any atom is 0.326 e. The molecule has 0 heterocycles. The monoisotopic (exact) mass is 389 g/mol. The van der Waals surface area contributed by atoms with Crippen molar-refractivity contribution in [3.63, 3.8) is 0 Å². The molecule has 11 heteroatoms. The van der Waals surface area contributed by atoms with Crippen molar-refractivity contribution in [2.75, 3.05) is 6.54 Å². The fourth-order valence-electron chi connectivity index (χ4n) is 2.11. The third kappa shape index (κ3) is 9.31. The van der Waals surface area contributed by atoms with Gasteiger partial charge in [-0.2, -0.15) is 0 Å². The molecule has 0 aromatic heterocycles. The lowest BCUT2D eigenvalue weighted by molar-refractivity contribution is -0.142. The van der Waals surface area contributed by atoms with Gasteiger partial charge in [-0.1, -0.05) is 0 Å². The van der Waals surface area contributed by atoms with Gasteiger partial charge in [0.2, 0.25) is 17.7 Å². The van der Waals surface area contributed by atoms with Crippen molar-refractivity contribution in [3.05, 3.63) is 0 Å². The zero-order valence-corrected chi connectivity index (χ0v) is 15.9. The number of aliphatic carboxylic acids is 1. The highest BCUT2D eigenvalue weighted by molar-refractivity contribution is 5.94. The van der Waals surface area contributed by atoms with Crippen LogP contribution >= 0.6 is 0 Å². The number of carbonyl (C=O) groups excluding carboxylic acids is 3. The molecular formula is C16H31N5O6. The van der Waals surface area contributed by atoms with Crippen molar-refractivity contribution in [2.45, 2.75) is 70.3 Å². The Morgan fingerprint density at radius 1 is 0.926 bits per heavy atom. The van der Waals surface area contributed by atoms with Crippen LogP contribution in [0.3, 0.4) is 0 Å². The lowest BCUT2D eigenvalue weighted by Crippen LogP contribution is -2.58. The number of rotatable bonds is 12. The minimum atomic E-state index is -1.31. The van der Waals surface area contributed by atoms with Crippen molar-refractivity contribution >= 4 is 23.7 Å². The quantitative estimate of drug-likeness (QED) is 0.176. The van der Waals surface area contributed by atoms with Gasteiger partial charge >= 0.3 is 5.97 Å². The van der Waals surface area contributed by atoms with Gasteiger partial charge in [0, 0.05) is 0 Å². The number of unbranched alkanes of at least 4 members (excludes halogenated alkanes) is 1. The average molecular weight is 389 g/mol. The van der Waals surface area contributed by atoms with Crippen LogP contribution in [-0.4, -0.2) is 70.7 Å². The Morgan fingerprint density at radius 3 is 1.96 bits per heavy atom. The second kappa shape index (κ2) is 12.2. The first-order valence-electron chi connectivity index (χ1n) is 8.78. The highest BCUT2D eigenvalue weighted by Crippen LogP contribution is 2.02.